The number of anilines is 1. The standard InChI is InChI=1S/C11H17N3/c1-2-14(11-5-8-13-9-11)10-3-6-12-7-4-10/h3-4,6-7,11,13H,2,5,8-9H2,1H3. The van der Waals surface area contributed by atoms with E-state index in [9.17, 15) is 0 Å². The van der Waals surface area contributed by atoms with E-state index >= 15 is 0 Å². The number of rotatable bonds is 3. The maximum Gasteiger partial charge on any atom is 0.0426 e. The Morgan fingerprint density at radius 3 is 2.86 bits per heavy atom. The molecule has 3 heteroatoms. The lowest BCUT2D eigenvalue weighted by atomic mass is 10.2. The summed E-state index contributed by atoms with van der Waals surface area (Å²) < 4.78 is 0. The molecule has 0 aliphatic carbocycles. The molecule has 1 atom stereocenters. The van der Waals surface area contributed by atoms with Crippen LogP contribution in [0.2, 0.25) is 0 Å². The smallest absolute Gasteiger partial charge is 0.0426 e. The van der Waals surface area contributed by atoms with Crippen LogP contribution < -0.4 is 10.2 Å². The Bertz CT molecular complexity index is 267. The van der Waals surface area contributed by atoms with Gasteiger partial charge in [0.25, 0.3) is 0 Å². The molecule has 1 aromatic heterocycles. The Balaban J connectivity index is 2.12. The number of likely N-dealkylation sites (N-methyl/N-ethyl adjacent to an activating group) is 1. The van der Waals surface area contributed by atoms with Crippen LogP contribution in [0.5, 0.6) is 0 Å². The summed E-state index contributed by atoms with van der Waals surface area (Å²) >= 11 is 0. The molecule has 1 aliphatic rings. The van der Waals surface area contributed by atoms with Crippen molar-refractivity contribution in [1.29, 1.82) is 0 Å². The molecule has 0 spiro atoms. The molecule has 0 radical (unpaired) electrons. The van der Waals surface area contributed by atoms with Gasteiger partial charge in [0.2, 0.25) is 0 Å². The quantitative estimate of drug-likeness (QED) is 0.780. The molecular weight excluding hydrogens is 174 g/mol. The molecule has 1 aromatic rings. The summed E-state index contributed by atoms with van der Waals surface area (Å²) in [6, 6.07) is 4.83. The van der Waals surface area contributed by atoms with E-state index in [2.05, 4.69) is 34.3 Å². The summed E-state index contributed by atoms with van der Waals surface area (Å²) in [5, 5.41) is 3.40. The number of nitrogens with one attached hydrogen (secondary N) is 1. The first-order valence-corrected chi connectivity index (χ1v) is 5.29. The van der Waals surface area contributed by atoms with Crippen LogP contribution in [0, 0.1) is 0 Å². The van der Waals surface area contributed by atoms with E-state index in [1.807, 2.05) is 12.4 Å². The highest BCUT2D eigenvalue weighted by Crippen LogP contribution is 2.18. The summed E-state index contributed by atoms with van der Waals surface area (Å²) in [6.45, 7) is 5.53. The molecule has 0 bridgehead atoms. The van der Waals surface area contributed by atoms with Crippen LogP contribution in [0.1, 0.15) is 13.3 Å². The molecule has 1 fully saturated rings. The lowest BCUT2D eigenvalue weighted by molar-refractivity contribution is 0.648. The van der Waals surface area contributed by atoms with Crippen molar-refractivity contribution in [2.45, 2.75) is 19.4 Å². The Morgan fingerprint density at radius 2 is 2.29 bits per heavy atom. The molecule has 14 heavy (non-hydrogen) atoms. The van der Waals surface area contributed by atoms with Crippen molar-refractivity contribution in [1.82, 2.24) is 10.3 Å². The minimum atomic E-state index is 0.655. The van der Waals surface area contributed by atoms with Crippen molar-refractivity contribution in [2.24, 2.45) is 0 Å². The highest BCUT2D eigenvalue weighted by Gasteiger charge is 2.20. The topological polar surface area (TPSA) is 28.2 Å². The third-order valence-electron chi connectivity index (χ3n) is 2.81. The molecule has 1 aliphatic heterocycles. The first-order chi connectivity index (χ1) is 6.92. The molecule has 1 unspecified atom stereocenters. The van der Waals surface area contributed by atoms with Crippen LogP contribution >= 0.6 is 0 Å². The fourth-order valence-corrected chi connectivity index (χ4v) is 2.09. The minimum Gasteiger partial charge on any atom is -0.367 e. The highest BCUT2D eigenvalue weighted by atomic mass is 15.2. The van der Waals surface area contributed by atoms with Gasteiger partial charge in [-0.05, 0) is 32.0 Å². The molecule has 0 saturated carbocycles. The third-order valence-corrected chi connectivity index (χ3v) is 2.81. The van der Waals surface area contributed by atoms with E-state index in [0.717, 1.165) is 19.6 Å². The van der Waals surface area contributed by atoms with Gasteiger partial charge in [-0.3, -0.25) is 4.98 Å². The first kappa shape index (κ1) is 9.46. The maximum atomic E-state index is 4.05. The number of hydrogen-bond acceptors (Lipinski definition) is 3. The van der Waals surface area contributed by atoms with Gasteiger partial charge in [-0.2, -0.15) is 0 Å². The molecule has 0 aromatic carbocycles. The van der Waals surface area contributed by atoms with E-state index < -0.39 is 0 Å². The van der Waals surface area contributed by atoms with Gasteiger partial charge < -0.3 is 10.2 Å². The Hall–Kier alpha value is -1.09. The highest BCUT2D eigenvalue weighted by molar-refractivity contribution is 5.45. The average Bonchev–Trinajstić information content (AvgIpc) is 2.74. The van der Waals surface area contributed by atoms with Crippen LogP contribution in [0.25, 0.3) is 0 Å². The molecule has 3 nitrogen and oxygen atoms in total. The van der Waals surface area contributed by atoms with Crippen molar-refractivity contribution >= 4 is 5.69 Å². The number of nitrogens with zero attached hydrogens (tertiary/aromatic N) is 2. The Morgan fingerprint density at radius 1 is 1.50 bits per heavy atom. The summed E-state index contributed by atoms with van der Waals surface area (Å²) in [4.78, 5) is 6.49. The third kappa shape index (κ3) is 1.87. The van der Waals surface area contributed by atoms with Crippen molar-refractivity contribution in [3.05, 3.63) is 24.5 Å². The van der Waals surface area contributed by atoms with Gasteiger partial charge in [0.15, 0.2) is 0 Å². The van der Waals surface area contributed by atoms with E-state index in [1.54, 1.807) is 0 Å². The fourth-order valence-electron chi connectivity index (χ4n) is 2.09. The minimum absolute atomic E-state index is 0.655. The molecule has 76 valence electrons. The second-order valence-electron chi connectivity index (χ2n) is 3.64. The van der Waals surface area contributed by atoms with E-state index in [4.69, 9.17) is 0 Å². The largest absolute Gasteiger partial charge is 0.367 e. The van der Waals surface area contributed by atoms with Crippen LogP contribution in [-0.2, 0) is 0 Å². The van der Waals surface area contributed by atoms with E-state index in [0.29, 0.717) is 6.04 Å². The van der Waals surface area contributed by atoms with Gasteiger partial charge in [-0.1, -0.05) is 0 Å². The lowest BCUT2D eigenvalue weighted by Crippen LogP contribution is -2.36. The van der Waals surface area contributed by atoms with E-state index in [-0.39, 0.29) is 0 Å². The summed E-state index contributed by atoms with van der Waals surface area (Å²) in [5.74, 6) is 0. The molecule has 2 heterocycles. The maximum absolute atomic E-state index is 4.05. The van der Waals surface area contributed by atoms with E-state index in [1.165, 1.54) is 12.1 Å². The predicted octanol–water partition coefficient (Wildman–Crippen LogP) is 1.27. The zero-order valence-electron chi connectivity index (χ0n) is 8.61. The zero-order chi connectivity index (χ0) is 9.80. The van der Waals surface area contributed by atoms with Crippen molar-refractivity contribution in [2.75, 3.05) is 24.5 Å². The second-order valence-corrected chi connectivity index (χ2v) is 3.64. The second kappa shape index (κ2) is 4.42. The van der Waals surface area contributed by atoms with Crippen molar-refractivity contribution < 1.29 is 0 Å². The van der Waals surface area contributed by atoms with Crippen LogP contribution in [-0.4, -0.2) is 30.7 Å². The van der Waals surface area contributed by atoms with Crippen LogP contribution in [0.4, 0.5) is 5.69 Å². The van der Waals surface area contributed by atoms with Crippen LogP contribution in [0.15, 0.2) is 24.5 Å². The zero-order valence-corrected chi connectivity index (χ0v) is 8.61. The van der Waals surface area contributed by atoms with Gasteiger partial charge in [0.1, 0.15) is 0 Å². The van der Waals surface area contributed by atoms with Crippen molar-refractivity contribution in [3.63, 3.8) is 0 Å². The monoisotopic (exact) mass is 191 g/mol. The van der Waals surface area contributed by atoms with Gasteiger partial charge in [0.05, 0.1) is 0 Å². The Kier molecular flexibility index (Phi) is 2.99. The van der Waals surface area contributed by atoms with Crippen molar-refractivity contribution in [3.8, 4) is 0 Å². The van der Waals surface area contributed by atoms with Gasteiger partial charge in [-0.25, -0.2) is 0 Å². The predicted molar refractivity (Wildman–Crippen MR) is 58.5 cm³/mol. The fraction of sp³-hybridized carbons (Fsp3) is 0.545. The Labute approximate surface area is 85.1 Å². The molecule has 2 rings (SSSR count). The number of aromatic nitrogens is 1. The number of hydrogen-bond donors (Lipinski definition) is 1. The lowest BCUT2D eigenvalue weighted by Gasteiger charge is -2.29. The summed E-state index contributed by atoms with van der Waals surface area (Å²) in [7, 11) is 0. The number of pyridine rings is 1. The van der Waals surface area contributed by atoms with Gasteiger partial charge in [0, 0.05) is 37.2 Å². The first-order valence-electron chi connectivity index (χ1n) is 5.29. The summed E-state index contributed by atoms with van der Waals surface area (Å²) in [5.41, 5.74) is 1.29. The normalized spacial score (nSPS) is 21.1. The van der Waals surface area contributed by atoms with Gasteiger partial charge in [-0.15, -0.1) is 0 Å². The SMILES string of the molecule is CCN(c1ccncc1)C1CCNC1. The molecular formula is C11H17N3. The van der Waals surface area contributed by atoms with Gasteiger partial charge >= 0.3 is 0 Å². The van der Waals surface area contributed by atoms with Crippen LogP contribution in [0.3, 0.4) is 0 Å². The molecule has 0 amide bonds. The average molecular weight is 191 g/mol. The molecule has 1 saturated heterocycles. The molecule has 1 N–H and O–H groups in total. The summed E-state index contributed by atoms with van der Waals surface area (Å²) in [6.07, 6.45) is 4.97.